The van der Waals surface area contributed by atoms with Gasteiger partial charge in [0.05, 0.1) is 0 Å². The van der Waals surface area contributed by atoms with Crippen molar-refractivity contribution in [1.29, 1.82) is 0 Å². The highest BCUT2D eigenvalue weighted by atomic mass is 31.1. The Morgan fingerprint density at radius 1 is 1.15 bits per heavy atom. The van der Waals surface area contributed by atoms with E-state index in [9.17, 15) is 4.79 Å². The van der Waals surface area contributed by atoms with E-state index < -0.39 is 0 Å². The normalized spacial score (nSPS) is 31.8. The van der Waals surface area contributed by atoms with Crippen LogP contribution >= 0.6 is 7.92 Å². The Bertz CT molecular complexity index is 564. The van der Waals surface area contributed by atoms with Crippen molar-refractivity contribution in [2.45, 2.75) is 31.6 Å². The summed E-state index contributed by atoms with van der Waals surface area (Å²) in [4.78, 5) is 14.2. The van der Waals surface area contributed by atoms with Crippen LogP contribution < -0.4 is 5.30 Å². The van der Waals surface area contributed by atoms with Crippen molar-refractivity contribution in [3.8, 4) is 0 Å². The van der Waals surface area contributed by atoms with Gasteiger partial charge in [0.2, 0.25) is 5.91 Å². The van der Waals surface area contributed by atoms with Gasteiger partial charge >= 0.3 is 0 Å². The van der Waals surface area contributed by atoms with Crippen LogP contribution in [0.3, 0.4) is 0 Å². The van der Waals surface area contributed by atoms with E-state index in [0.29, 0.717) is 17.2 Å². The van der Waals surface area contributed by atoms with Crippen molar-refractivity contribution >= 4 is 19.1 Å². The monoisotopic (exact) mass is 287 g/mol. The number of rotatable bonds is 2. The minimum Gasteiger partial charge on any atom is -0.349 e. The number of benzene rings is 1. The zero-order chi connectivity index (χ0) is 14.4. The molecule has 0 radical (unpaired) electrons. The highest BCUT2D eigenvalue weighted by molar-refractivity contribution is 7.68. The van der Waals surface area contributed by atoms with Crippen molar-refractivity contribution in [2.24, 2.45) is 5.92 Å². The summed E-state index contributed by atoms with van der Waals surface area (Å²) < 4.78 is 0. The molecule has 0 aliphatic carbocycles. The molecule has 1 aromatic carbocycles. The van der Waals surface area contributed by atoms with E-state index in [1.54, 1.807) is 10.5 Å². The molecule has 0 spiro atoms. The molecular formula is C17H22NOP. The summed E-state index contributed by atoms with van der Waals surface area (Å²) in [6.45, 7) is 4.52. The van der Waals surface area contributed by atoms with Gasteiger partial charge in [-0.2, -0.15) is 0 Å². The van der Waals surface area contributed by atoms with Crippen LogP contribution in [0.1, 0.15) is 20.3 Å². The van der Waals surface area contributed by atoms with Crippen molar-refractivity contribution < 1.29 is 4.79 Å². The van der Waals surface area contributed by atoms with E-state index in [1.165, 1.54) is 10.9 Å². The minimum atomic E-state index is -0.248. The van der Waals surface area contributed by atoms with Gasteiger partial charge in [0, 0.05) is 31.3 Å². The second kappa shape index (κ2) is 5.00. The molecule has 20 heavy (non-hydrogen) atoms. The largest absolute Gasteiger partial charge is 0.349 e. The zero-order valence-electron chi connectivity index (χ0n) is 12.6. The molecule has 1 amide bonds. The van der Waals surface area contributed by atoms with Gasteiger partial charge in [-0.05, 0) is 25.6 Å². The van der Waals surface area contributed by atoms with Crippen LogP contribution in [0.15, 0.2) is 41.5 Å². The number of nitrogens with zero attached hydrogens (tertiary/aromatic N) is 1. The van der Waals surface area contributed by atoms with E-state index >= 15 is 0 Å². The maximum Gasteiger partial charge on any atom is 0.226 e. The first-order valence-electron chi connectivity index (χ1n) is 7.24. The molecule has 3 rings (SSSR count). The van der Waals surface area contributed by atoms with E-state index in [2.05, 4.69) is 44.2 Å². The molecule has 0 N–H and O–H groups in total. The van der Waals surface area contributed by atoms with Gasteiger partial charge in [-0.1, -0.05) is 49.4 Å². The Labute approximate surface area is 122 Å². The van der Waals surface area contributed by atoms with Gasteiger partial charge in [0.25, 0.3) is 0 Å². The lowest BCUT2D eigenvalue weighted by atomic mass is 9.84. The van der Waals surface area contributed by atoms with Crippen molar-refractivity contribution in [3.63, 3.8) is 0 Å². The van der Waals surface area contributed by atoms with Crippen LogP contribution in [0.2, 0.25) is 0 Å². The highest BCUT2D eigenvalue weighted by Gasteiger charge is 2.53. The third-order valence-electron chi connectivity index (χ3n) is 4.87. The fourth-order valence-electron chi connectivity index (χ4n) is 3.77. The molecule has 2 nitrogen and oxygen atoms in total. The Morgan fingerprint density at radius 3 is 2.40 bits per heavy atom. The van der Waals surface area contributed by atoms with Crippen LogP contribution in [0.25, 0.3) is 0 Å². The second-order valence-electron chi connectivity index (χ2n) is 6.14. The lowest BCUT2D eigenvalue weighted by Crippen LogP contribution is -2.35. The predicted octanol–water partition coefficient (Wildman–Crippen LogP) is 2.99. The summed E-state index contributed by atoms with van der Waals surface area (Å²) in [6.07, 6.45) is 1.05. The molecule has 0 aromatic heterocycles. The Hall–Kier alpha value is -1.14. The molecule has 1 fully saturated rings. The first-order valence-corrected chi connectivity index (χ1v) is 8.72. The molecule has 2 heterocycles. The SMILES string of the molecule is CC1=C(C)[C@H]2[C@@H](C(=O)N(C)C)C[C@@H]1P2c1ccccc1. The average Bonchev–Trinajstić information content (AvgIpc) is 2.94. The van der Waals surface area contributed by atoms with Crippen molar-refractivity contribution in [1.82, 2.24) is 4.90 Å². The summed E-state index contributed by atoms with van der Waals surface area (Å²) in [7, 11) is 3.51. The smallest absolute Gasteiger partial charge is 0.226 e. The molecule has 4 atom stereocenters. The van der Waals surface area contributed by atoms with E-state index in [1.807, 2.05) is 14.1 Å². The standard InChI is InChI=1S/C17H22NOP/c1-11-12(2)16-14(17(19)18(3)4)10-15(11)20(16)13-8-6-5-7-9-13/h5-9,14-16H,10H2,1-4H3/t14-,15-,16-,20?/m0/s1. The molecule has 1 unspecified atom stereocenters. The number of hydrogen-bond acceptors (Lipinski definition) is 1. The van der Waals surface area contributed by atoms with Gasteiger partial charge in [-0.25, -0.2) is 0 Å². The minimum absolute atomic E-state index is 0.199. The van der Waals surface area contributed by atoms with Crippen LogP contribution in [-0.2, 0) is 4.79 Å². The van der Waals surface area contributed by atoms with Crippen LogP contribution in [0.4, 0.5) is 0 Å². The lowest BCUT2D eigenvalue weighted by Gasteiger charge is -2.26. The van der Waals surface area contributed by atoms with Gasteiger partial charge in [0.15, 0.2) is 0 Å². The fourth-order valence-corrected chi connectivity index (χ4v) is 7.69. The molecule has 1 aromatic rings. The van der Waals surface area contributed by atoms with Gasteiger partial charge in [0.1, 0.15) is 0 Å². The van der Waals surface area contributed by atoms with Crippen LogP contribution in [0.5, 0.6) is 0 Å². The van der Waals surface area contributed by atoms with Crippen LogP contribution in [-0.4, -0.2) is 36.2 Å². The molecule has 0 saturated carbocycles. The van der Waals surface area contributed by atoms with Crippen LogP contribution in [0, 0.1) is 5.92 Å². The number of carbonyl (C=O) groups is 1. The molecule has 2 aliphatic heterocycles. The molecule has 1 saturated heterocycles. The third-order valence-corrected chi connectivity index (χ3v) is 8.38. The Morgan fingerprint density at radius 2 is 1.80 bits per heavy atom. The quantitative estimate of drug-likeness (QED) is 0.605. The summed E-state index contributed by atoms with van der Waals surface area (Å²) in [5.41, 5.74) is 4.11. The lowest BCUT2D eigenvalue weighted by molar-refractivity contribution is -0.132. The molecule has 3 heteroatoms. The summed E-state index contributed by atoms with van der Waals surface area (Å²) >= 11 is 0. The summed E-state index contributed by atoms with van der Waals surface area (Å²) in [5.74, 6) is 0.512. The van der Waals surface area contributed by atoms with Gasteiger partial charge in [-0.15, -0.1) is 0 Å². The number of allylic oxidation sites excluding steroid dienone is 2. The predicted molar refractivity (Wildman–Crippen MR) is 85.7 cm³/mol. The zero-order valence-corrected chi connectivity index (χ0v) is 13.5. The van der Waals surface area contributed by atoms with E-state index in [4.69, 9.17) is 0 Å². The molecule has 2 bridgehead atoms. The summed E-state index contributed by atoms with van der Waals surface area (Å²) in [6, 6.07) is 10.8. The number of hydrogen-bond donors (Lipinski definition) is 0. The molecular weight excluding hydrogens is 265 g/mol. The maximum absolute atomic E-state index is 12.5. The number of carbonyl (C=O) groups excluding carboxylic acids is 1. The Kier molecular flexibility index (Phi) is 3.46. The second-order valence-corrected chi connectivity index (χ2v) is 8.65. The van der Waals surface area contributed by atoms with E-state index in [0.717, 1.165) is 6.42 Å². The van der Waals surface area contributed by atoms with Gasteiger partial charge in [-0.3, -0.25) is 4.79 Å². The van der Waals surface area contributed by atoms with Gasteiger partial charge < -0.3 is 4.90 Å². The highest BCUT2D eigenvalue weighted by Crippen LogP contribution is 2.67. The van der Waals surface area contributed by atoms with Crippen molar-refractivity contribution in [2.75, 3.05) is 14.1 Å². The first kappa shape index (κ1) is 13.8. The topological polar surface area (TPSA) is 20.3 Å². The molecule has 106 valence electrons. The molecule has 2 aliphatic rings. The van der Waals surface area contributed by atoms with E-state index in [-0.39, 0.29) is 13.8 Å². The average molecular weight is 287 g/mol. The maximum atomic E-state index is 12.5. The first-order chi connectivity index (χ1) is 9.52. The number of fused-ring (bicyclic) bond motifs is 2. The number of amides is 1. The summed E-state index contributed by atoms with van der Waals surface area (Å²) in [5, 5.41) is 1.46. The third kappa shape index (κ3) is 1.93. The Balaban J connectivity index is 1.98. The fraction of sp³-hybridized carbons (Fsp3) is 0.471. The van der Waals surface area contributed by atoms with Crippen molar-refractivity contribution in [3.05, 3.63) is 41.5 Å².